The molecule has 3 N–H and O–H groups in total. The Kier molecular flexibility index (Phi) is 37.1. The highest BCUT2D eigenvalue weighted by Crippen LogP contribution is 2.43. The molecule has 0 saturated carbocycles. The van der Waals surface area contributed by atoms with Crippen LogP contribution in [-0.4, -0.2) is 49.3 Å². The van der Waals surface area contributed by atoms with E-state index < -0.39 is 32.5 Å². The van der Waals surface area contributed by atoms with Crippen LogP contribution in [0.3, 0.4) is 0 Å². The SMILES string of the molecule is CCCC/C=C/CCCCCCCCCCCC(=O)O[C@H](COC(=O)CCCC/C=C/CCCCCCCCCCC)COP(=O)(O)OCCN. The number of carbonyl (C=O) groups excluding carboxylic acids is 2. The quantitative estimate of drug-likeness (QED) is 0.0273. The topological polar surface area (TPSA) is 134 Å². The van der Waals surface area contributed by atoms with Crippen molar-refractivity contribution < 1.29 is 37.6 Å². The molecule has 0 heterocycles. The van der Waals surface area contributed by atoms with Crippen LogP contribution in [0.5, 0.6) is 0 Å². The fourth-order valence-corrected chi connectivity index (χ4v) is 6.43. The molecule has 0 aliphatic rings. The van der Waals surface area contributed by atoms with Gasteiger partial charge in [0.05, 0.1) is 13.2 Å². The number of nitrogens with two attached hydrogens (primary N) is 1. The summed E-state index contributed by atoms with van der Waals surface area (Å²) in [6.45, 7) is 3.68. The number of phosphoric ester groups is 1. The summed E-state index contributed by atoms with van der Waals surface area (Å²) in [5, 5.41) is 0. The number of carbonyl (C=O) groups is 2. The van der Waals surface area contributed by atoms with Crippen molar-refractivity contribution in [3.05, 3.63) is 24.3 Å². The molecule has 1 unspecified atom stereocenters. The number of unbranched alkanes of at least 4 members (excludes halogenated alkanes) is 22. The van der Waals surface area contributed by atoms with Crippen LogP contribution in [0.4, 0.5) is 0 Å². The Bertz CT molecular complexity index is 897. The van der Waals surface area contributed by atoms with E-state index in [0.717, 1.165) is 38.5 Å². The Labute approximate surface area is 312 Å². The van der Waals surface area contributed by atoms with E-state index in [9.17, 15) is 19.0 Å². The minimum absolute atomic E-state index is 0.0517. The third-order valence-electron chi connectivity index (χ3n) is 8.81. The Morgan fingerprint density at radius 3 is 1.49 bits per heavy atom. The molecule has 300 valence electrons. The van der Waals surface area contributed by atoms with Gasteiger partial charge in [-0.2, -0.15) is 0 Å². The van der Waals surface area contributed by atoms with E-state index in [2.05, 4.69) is 38.2 Å². The van der Waals surface area contributed by atoms with Crippen molar-refractivity contribution in [3.8, 4) is 0 Å². The monoisotopic (exact) mass is 744 g/mol. The molecule has 0 bridgehead atoms. The average molecular weight is 744 g/mol. The minimum Gasteiger partial charge on any atom is -0.462 e. The van der Waals surface area contributed by atoms with Crippen molar-refractivity contribution in [3.63, 3.8) is 0 Å². The Morgan fingerprint density at radius 2 is 0.980 bits per heavy atom. The molecule has 0 aliphatic carbocycles. The molecule has 0 aromatic rings. The molecule has 0 aromatic heterocycles. The Balaban J connectivity index is 4.19. The maximum Gasteiger partial charge on any atom is 0.472 e. The predicted molar refractivity (Wildman–Crippen MR) is 211 cm³/mol. The number of hydrogen-bond acceptors (Lipinski definition) is 8. The van der Waals surface area contributed by atoms with Crippen LogP contribution in [0.1, 0.15) is 194 Å². The zero-order valence-corrected chi connectivity index (χ0v) is 33.7. The van der Waals surface area contributed by atoms with Gasteiger partial charge in [0.2, 0.25) is 0 Å². The second-order valence-corrected chi connectivity index (χ2v) is 15.3. The van der Waals surface area contributed by atoms with Gasteiger partial charge in [0, 0.05) is 19.4 Å². The lowest BCUT2D eigenvalue weighted by atomic mass is 10.1. The van der Waals surface area contributed by atoms with E-state index in [-0.39, 0.29) is 32.6 Å². The van der Waals surface area contributed by atoms with Gasteiger partial charge in [-0.25, -0.2) is 4.57 Å². The average Bonchev–Trinajstić information content (AvgIpc) is 3.11. The standard InChI is InChI=1S/C41H78NO8P/c1-3-5-7-9-11-13-15-17-19-21-23-25-27-29-31-33-40(43)47-37-39(38-49-51(45,46)48-36-35-42)50-41(44)34-32-30-28-26-24-22-20-18-16-14-12-10-8-6-4-2/h10,12,23,25,39H,3-9,11,13-22,24,26-38,42H2,1-2H3,(H,45,46)/b12-10+,25-23+/t39-/m1/s1. The van der Waals surface area contributed by atoms with Gasteiger partial charge < -0.3 is 20.1 Å². The highest BCUT2D eigenvalue weighted by molar-refractivity contribution is 7.47. The van der Waals surface area contributed by atoms with Crippen LogP contribution < -0.4 is 5.73 Å². The largest absolute Gasteiger partial charge is 0.472 e. The van der Waals surface area contributed by atoms with Crippen LogP contribution in [-0.2, 0) is 32.7 Å². The molecule has 2 atom stereocenters. The van der Waals surface area contributed by atoms with Gasteiger partial charge in [0.1, 0.15) is 6.61 Å². The van der Waals surface area contributed by atoms with Crippen LogP contribution in [0, 0.1) is 0 Å². The summed E-state index contributed by atoms with van der Waals surface area (Å²) in [7, 11) is -4.37. The number of allylic oxidation sites excluding steroid dienone is 4. The molecule has 9 nitrogen and oxygen atoms in total. The third kappa shape index (κ3) is 38.0. The van der Waals surface area contributed by atoms with Crippen molar-refractivity contribution in [2.45, 2.75) is 200 Å². The summed E-state index contributed by atoms with van der Waals surface area (Å²) in [5.74, 6) is -0.853. The molecule has 0 aliphatic heterocycles. The summed E-state index contributed by atoms with van der Waals surface area (Å²) in [5.41, 5.74) is 5.34. The summed E-state index contributed by atoms with van der Waals surface area (Å²) >= 11 is 0. The van der Waals surface area contributed by atoms with E-state index >= 15 is 0 Å². The van der Waals surface area contributed by atoms with Crippen molar-refractivity contribution in [1.82, 2.24) is 0 Å². The molecule has 0 saturated heterocycles. The summed E-state index contributed by atoms with van der Waals surface area (Å²) in [4.78, 5) is 34.8. The Morgan fingerprint density at radius 1 is 0.569 bits per heavy atom. The highest BCUT2D eigenvalue weighted by Gasteiger charge is 2.26. The number of hydrogen-bond donors (Lipinski definition) is 2. The minimum atomic E-state index is -4.37. The lowest BCUT2D eigenvalue weighted by molar-refractivity contribution is -0.161. The van der Waals surface area contributed by atoms with E-state index in [1.807, 2.05) is 0 Å². The van der Waals surface area contributed by atoms with Crippen molar-refractivity contribution >= 4 is 19.8 Å². The fraction of sp³-hybridized carbons (Fsp3) is 0.854. The summed E-state index contributed by atoms with van der Waals surface area (Å²) in [6.07, 6.45) is 39.2. The van der Waals surface area contributed by atoms with Crippen molar-refractivity contribution in [2.75, 3.05) is 26.4 Å². The van der Waals surface area contributed by atoms with E-state index in [0.29, 0.717) is 12.8 Å². The first-order chi connectivity index (χ1) is 24.8. The fourth-order valence-electron chi connectivity index (χ4n) is 5.67. The predicted octanol–water partition coefficient (Wildman–Crippen LogP) is 11.6. The molecule has 0 amide bonds. The molecule has 0 spiro atoms. The zero-order valence-electron chi connectivity index (χ0n) is 32.8. The summed E-state index contributed by atoms with van der Waals surface area (Å²) < 4.78 is 32.7. The van der Waals surface area contributed by atoms with Crippen LogP contribution in [0.15, 0.2) is 24.3 Å². The van der Waals surface area contributed by atoms with Gasteiger partial charge in [-0.1, -0.05) is 147 Å². The van der Waals surface area contributed by atoms with Crippen LogP contribution in [0.25, 0.3) is 0 Å². The molecule has 0 rings (SSSR count). The highest BCUT2D eigenvalue weighted by atomic mass is 31.2. The van der Waals surface area contributed by atoms with E-state index in [1.165, 1.54) is 116 Å². The first-order valence-electron chi connectivity index (χ1n) is 20.8. The first kappa shape index (κ1) is 49.5. The van der Waals surface area contributed by atoms with Crippen LogP contribution in [0.2, 0.25) is 0 Å². The number of esters is 2. The molecule has 0 fully saturated rings. The molecular weight excluding hydrogens is 665 g/mol. The smallest absolute Gasteiger partial charge is 0.462 e. The van der Waals surface area contributed by atoms with E-state index in [1.54, 1.807) is 0 Å². The normalized spacial score (nSPS) is 13.6. The number of ether oxygens (including phenoxy) is 2. The molecule has 10 heteroatoms. The molecule has 51 heavy (non-hydrogen) atoms. The molecular formula is C41H78NO8P. The van der Waals surface area contributed by atoms with Gasteiger partial charge in [-0.15, -0.1) is 0 Å². The summed E-state index contributed by atoms with van der Waals surface area (Å²) in [6, 6.07) is 0. The van der Waals surface area contributed by atoms with Crippen molar-refractivity contribution in [2.24, 2.45) is 5.73 Å². The van der Waals surface area contributed by atoms with Gasteiger partial charge in [-0.05, 0) is 57.8 Å². The first-order valence-corrected chi connectivity index (χ1v) is 22.3. The number of rotatable bonds is 39. The van der Waals surface area contributed by atoms with E-state index in [4.69, 9.17) is 24.3 Å². The van der Waals surface area contributed by atoms with Crippen LogP contribution >= 0.6 is 7.82 Å². The zero-order chi connectivity index (χ0) is 37.5. The maximum absolute atomic E-state index is 12.5. The second kappa shape index (κ2) is 38.2. The van der Waals surface area contributed by atoms with Crippen molar-refractivity contribution in [1.29, 1.82) is 0 Å². The second-order valence-electron chi connectivity index (χ2n) is 13.8. The lowest BCUT2D eigenvalue weighted by Crippen LogP contribution is -2.29. The van der Waals surface area contributed by atoms with Gasteiger partial charge in [0.25, 0.3) is 0 Å². The van der Waals surface area contributed by atoms with Gasteiger partial charge in [-0.3, -0.25) is 18.6 Å². The van der Waals surface area contributed by atoms with Gasteiger partial charge >= 0.3 is 19.8 Å². The lowest BCUT2D eigenvalue weighted by Gasteiger charge is -2.19. The molecule has 0 radical (unpaired) electrons. The Hall–Kier alpha value is -1.51. The third-order valence-corrected chi connectivity index (χ3v) is 9.79. The molecule has 0 aromatic carbocycles. The van der Waals surface area contributed by atoms with Gasteiger partial charge in [0.15, 0.2) is 6.10 Å². The number of phosphoric acid groups is 1. The maximum atomic E-state index is 12.5.